The Labute approximate surface area is 99.6 Å². The van der Waals surface area contributed by atoms with Gasteiger partial charge in [-0.05, 0) is 0 Å². The Hall–Kier alpha value is -1.44. The van der Waals surface area contributed by atoms with Gasteiger partial charge in [0.25, 0.3) is 0 Å². The molecule has 7 nitrogen and oxygen atoms in total. The average molecular weight is 242 g/mol. The number of aliphatic hydroxyl groups is 1. The van der Waals surface area contributed by atoms with Crippen molar-refractivity contribution < 1.29 is 14.6 Å². The Morgan fingerprint density at radius 2 is 2.47 bits per heavy atom. The van der Waals surface area contributed by atoms with E-state index in [9.17, 15) is 4.79 Å². The number of nitrogens with one attached hydrogen (secondary N) is 1. The minimum Gasteiger partial charge on any atom is -0.394 e. The predicted molar refractivity (Wildman–Crippen MR) is 61.1 cm³/mol. The molecule has 17 heavy (non-hydrogen) atoms. The number of aromatic nitrogens is 2. The summed E-state index contributed by atoms with van der Waals surface area (Å²) >= 11 is 0. The van der Waals surface area contributed by atoms with Gasteiger partial charge in [0.05, 0.1) is 26.0 Å². The van der Waals surface area contributed by atoms with Crippen LogP contribution in [0.4, 0.5) is 0 Å². The van der Waals surface area contributed by atoms with Gasteiger partial charge in [-0.25, -0.2) is 0 Å². The summed E-state index contributed by atoms with van der Waals surface area (Å²) in [5.74, 6) is -0.273. The summed E-state index contributed by atoms with van der Waals surface area (Å²) < 4.78 is 6.59. The molecule has 1 atom stereocenters. The van der Waals surface area contributed by atoms with Gasteiger partial charge < -0.3 is 20.9 Å². The van der Waals surface area contributed by atoms with Crippen LogP contribution in [0, 0.1) is 0 Å². The lowest BCUT2D eigenvalue weighted by Crippen LogP contribution is -2.35. The second-order valence-corrected chi connectivity index (χ2v) is 3.55. The Kier molecular flexibility index (Phi) is 5.61. The van der Waals surface area contributed by atoms with Crippen LogP contribution in [0.1, 0.15) is 11.6 Å². The van der Waals surface area contributed by atoms with Crippen molar-refractivity contribution in [3.63, 3.8) is 0 Å². The number of aryl methyl sites for hydroxylation is 1. The molecule has 0 saturated heterocycles. The molecule has 1 aromatic rings. The number of amides is 1. The molecule has 96 valence electrons. The number of carbonyl (C=O) groups is 1. The number of ether oxygens (including phenoxy) is 1. The van der Waals surface area contributed by atoms with Gasteiger partial charge in [0, 0.05) is 25.4 Å². The summed E-state index contributed by atoms with van der Waals surface area (Å²) in [7, 11) is 1.76. The monoisotopic (exact) mass is 242 g/mol. The van der Waals surface area contributed by atoms with Crippen molar-refractivity contribution in [2.45, 2.75) is 6.04 Å². The number of nitrogens with zero attached hydrogens (tertiary/aromatic N) is 2. The number of rotatable bonds is 7. The average Bonchev–Trinajstić information content (AvgIpc) is 2.74. The third kappa shape index (κ3) is 4.51. The van der Waals surface area contributed by atoms with E-state index in [4.69, 9.17) is 15.6 Å². The first-order chi connectivity index (χ1) is 8.15. The van der Waals surface area contributed by atoms with E-state index in [1.165, 1.54) is 0 Å². The molecule has 0 aliphatic heterocycles. The third-order valence-corrected chi connectivity index (χ3v) is 2.15. The molecule has 0 saturated carbocycles. The molecule has 0 radical (unpaired) electrons. The van der Waals surface area contributed by atoms with Crippen LogP contribution < -0.4 is 11.1 Å². The second kappa shape index (κ2) is 7.00. The Morgan fingerprint density at radius 1 is 1.71 bits per heavy atom. The topological polar surface area (TPSA) is 102 Å². The highest BCUT2D eigenvalue weighted by atomic mass is 16.5. The molecule has 0 bridgehead atoms. The number of hydrogen-bond acceptors (Lipinski definition) is 5. The van der Waals surface area contributed by atoms with Crippen LogP contribution in [-0.2, 0) is 16.6 Å². The minimum absolute atomic E-state index is 0.0247. The van der Waals surface area contributed by atoms with Crippen LogP contribution >= 0.6 is 0 Å². The van der Waals surface area contributed by atoms with E-state index >= 15 is 0 Å². The largest absolute Gasteiger partial charge is 0.394 e. The van der Waals surface area contributed by atoms with E-state index in [1.54, 1.807) is 24.1 Å². The SMILES string of the molecule is Cn1cc(C(N)C(=O)NCCOCCO)cn1. The highest BCUT2D eigenvalue weighted by Crippen LogP contribution is 2.07. The summed E-state index contributed by atoms with van der Waals surface area (Å²) in [6, 6.07) is -0.721. The number of aliphatic hydroxyl groups excluding tert-OH is 1. The fourth-order valence-corrected chi connectivity index (χ4v) is 1.28. The first kappa shape index (κ1) is 13.6. The molecule has 0 aliphatic rings. The van der Waals surface area contributed by atoms with E-state index in [1.807, 2.05) is 0 Å². The fraction of sp³-hybridized carbons (Fsp3) is 0.600. The molecule has 0 aromatic carbocycles. The first-order valence-electron chi connectivity index (χ1n) is 5.35. The van der Waals surface area contributed by atoms with Crippen LogP contribution in [0.3, 0.4) is 0 Å². The van der Waals surface area contributed by atoms with Gasteiger partial charge in [0.2, 0.25) is 5.91 Å². The van der Waals surface area contributed by atoms with Gasteiger partial charge in [-0.1, -0.05) is 0 Å². The minimum atomic E-state index is -0.721. The molecular weight excluding hydrogens is 224 g/mol. The highest BCUT2D eigenvalue weighted by Gasteiger charge is 2.16. The smallest absolute Gasteiger partial charge is 0.241 e. The van der Waals surface area contributed by atoms with Gasteiger partial charge >= 0.3 is 0 Å². The predicted octanol–water partition coefficient (Wildman–Crippen LogP) is -1.45. The van der Waals surface area contributed by atoms with E-state index in [-0.39, 0.29) is 19.1 Å². The summed E-state index contributed by atoms with van der Waals surface area (Å²) in [5.41, 5.74) is 6.41. The molecule has 1 heterocycles. The lowest BCUT2D eigenvalue weighted by atomic mass is 10.1. The molecule has 1 aromatic heterocycles. The first-order valence-corrected chi connectivity index (χ1v) is 5.35. The Bertz CT molecular complexity index is 353. The van der Waals surface area contributed by atoms with Crippen LogP contribution in [-0.4, -0.2) is 47.2 Å². The quantitative estimate of drug-likeness (QED) is 0.507. The van der Waals surface area contributed by atoms with Crippen LogP contribution in [0.25, 0.3) is 0 Å². The van der Waals surface area contributed by atoms with Crippen molar-refractivity contribution in [3.8, 4) is 0 Å². The zero-order valence-electron chi connectivity index (χ0n) is 9.80. The van der Waals surface area contributed by atoms with Gasteiger partial charge in [-0.15, -0.1) is 0 Å². The summed E-state index contributed by atoms with van der Waals surface area (Å²) in [5, 5.41) is 15.1. The van der Waals surface area contributed by atoms with Crippen molar-refractivity contribution >= 4 is 5.91 Å². The molecule has 1 unspecified atom stereocenters. The third-order valence-electron chi connectivity index (χ3n) is 2.15. The zero-order chi connectivity index (χ0) is 12.7. The van der Waals surface area contributed by atoms with E-state index in [2.05, 4.69) is 10.4 Å². The van der Waals surface area contributed by atoms with E-state index < -0.39 is 6.04 Å². The molecular formula is C10H18N4O3. The molecule has 0 spiro atoms. The molecule has 0 fully saturated rings. The summed E-state index contributed by atoms with van der Waals surface area (Å²) in [6.45, 7) is 0.965. The lowest BCUT2D eigenvalue weighted by molar-refractivity contribution is -0.122. The molecule has 4 N–H and O–H groups in total. The van der Waals surface area contributed by atoms with E-state index in [0.717, 1.165) is 0 Å². The van der Waals surface area contributed by atoms with Crippen molar-refractivity contribution in [1.82, 2.24) is 15.1 Å². The van der Waals surface area contributed by atoms with Gasteiger partial charge in [0.15, 0.2) is 0 Å². The molecule has 7 heteroatoms. The fourth-order valence-electron chi connectivity index (χ4n) is 1.28. The van der Waals surface area contributed by atoms with Gasteiger partial charge in [0.1, 0.15) is 6.04 Å². The van der Waals surface area contributed by atoms with Crippen molar-refractivity contribution in [2.75, 3.05) is 26.4 Å². The second-order valence-electron chi connectivity index (χ2n) is 3.55. The van der Waals surface area contributed by atoms with Crippen LogP contribution in [0.2, 0.25) is 0 Å². The number of hydrogen-bond donors (Lipinski definition) is 3. The summed E-state index contributed by atoms with van der Waals surface area (Å²) in [4.78, 5) is 11.6. The van der Waals surface area contributed by atoms with Crippen molar-refractivity contribution in [2.24, 2.45) is 12.8 Å². The maximum atomic E-state index is 11.6. The molecule has 1 amide bonds. The lowest BCUT2D eigenvalue weighted by Gasteiger charge is -2.10. The van der Waals surface area contributed by atoms with E-state index in [0.29, 0.717) is 18.7 Å². The zero-order valence-corrected chi connectivity index (χ0v) is 9.80. The maximum Gasteiger partial charge on any atom is 0.241 e. The van der Waals surface area contributed by atoms with Gasteiger partial charge in [-0.3, -0.25) is 9.48 Å². The standard InChI is InChI=1S/C10H18N4O3/c1-14-7-8(6-13-14)9(11)10(16)12-2-4-17-5-3-15/h6-7,9,15H,2-5,11H2,1H3,(H,12,16). The number of carbonyl (C=O) groups excluding carboxylic acids is 1. The van der Waals surface area contributed by atoms with Crippen molar-refractivity contribution in [1.29, 1.82) is 0 Å². The van der Waals surface area contributed by atoms with Crippen LogP contribution in [0.5, 0.6) is 0 Å². The Balaban J connectivity index is 2.28. The number of nitrogens with two attached hydrogens (primary N) is 1. The molecule has 0 aliphatic carbocycles. The van der Waals surface area contributed by atoms with Crippen molar-refractivity contribution in [3.05, 3.63) is 18.0 Å². The normalized spacial score (nSPS) is 12.4. The maximum absolute atomic E-state index is 11.6. The highest BCUT2D eigenvalue weighted by molar-refractivity contribution is 5.82. The Morgan fingerprint density at radius 3 is 3.06 bits per heavy atom. The van der Waals surface area contributed by atoms with Gasteiger partial charge in [-0.2, -0.15) is 5.10 Å². The van der Waals surface area contributed by atoms with Crippen LogP contribution in [0.15, 0.2) is 12.4 Å². The summed E-state index contributed by atoms with van der Waals surface area (Å²) in [6.07, 6.45) is 3.26. The molecule has 1 rings (SSSR count).